The van der Waals surface area contributed by atoms with E-state index in [9.17, 15) is 5.11 Å². The standard InChI is InChI=1S/C6H13NO.H2O/c1-6(8)3-2-4-7-5-6;/h7-8H,2-5H2,1H3;1H2. The molecule has 0 aliphatic carbocycles. The predicted octanol–water partition coefficient (Wildman–Crippen LogP) is -0.704. The van der Waals surface area contributed by atoms with Crippen molar-refractivity contribution < 1.29 is 10.6 Å². The second-order valence-corrected chi connectivity index (χ2v) is 2.78. The van der Waals surface area contributed by atoms with Crippen molar-refractivity contribution in [3.8, 4) is 0 Å². The molecule has 0 aromatic rings. The fraction of sp³-hybridized carbons (Fsp3) is 1.00. The van der Waals surface area contributed by atoms with E-state index in [4.69, 9.17) is 0 Å². The molecule has 0 amide bonds. The Balaban J connectivity index is 0.000000640. The van der Waals surface area contributed by atoms with Crippen LogP contribution in [0.25, 0.3) is 0 Å². The van der Waals surface area contributed by atoms with Crippen LogP contribution in [0.4, 0.5) is 0 Å². The molecule has 1 rings (SSSR count). The Kier molecular flexibility index (Phi) is 3.11. The summed E-state index contributed by atoms with van der Waals surface area (Å²) in [6, 6.07) is 0. The summed E-state index contributed by atoms with van der Waals surface area (Å²) in [4.78, 5) is 0. The van der Waals surface area contributed by atoms with E-state index >= 15 is 0 Å². The van der Waals surface area contributed by atoms with E-state index in [1.807, 2.05) is 6.92 Å². The molecule has 1 saturated heterocycles. The summed E-state index contributed by atoms with van der Waals surface area (Å²) in [5, 5.41) is 12.4. The summed E-state index contributed by atoms with van der Waals surface area (Å²) < 4.78 is 0. The number of hydrogen-bond acceptors (Lipinski definition) is 2. The lowest BCUT2D eigenvalue weighted by atomic mass is 9.97. The van der Waals surface area contributed by atoms with Crippen molar-refractivity contribution in [3.63, 3.8) is 0 Å². The maximum Gasteiger partial charge on any atom is 0.0744 e. The third kappa shape index (κ3) is 2.79. The topological polar surface area (TPSA) is 63.8 Å². The van der Waals surface area contributed by atoms with Crippen LogP contribution < -0.4 is 5.32 Å². The molecule has 4 N–H and O–H groups in total. The highest BCUT2D eigenvalue weighted by Crippen LogP contribution is 2.13. The lowest BCUT2D eigenvalue weighted by Crippen LogP contribution is -2.42. The fourth-order valence-corrected chi connectivity index (χ4v) is 1.04. The molecule has 0 spiro atoms. The first-order valence-corrected chi connectivity index (χ1v) is 3.14. The molecule has 1 fully saturated rings. The number of piperidine rings is 1. The van der Waals surface area contributed by atoms with Crippen LogP contribution in [0.1, 0.15) is 19.8 Å². The van der Waals surface area contributed by atoms with Crippen LogP contribution in [0.15, 0.2) is 0 Å². The summed E-state index contributed by atoms with van der Waals surface area (Å²) >= 11 is 0. The van der Waals surface area contributed by atoms with Crippen molar-refractivity contribution in [1.29, 1.82) is 0 Å². The largest absolute Gasteiger partial charge is 0.412 e. The van der Waals surface area contributed by atoms with Crippen molar-refractivity contribution in [3.05, 3.63) is 0 Å². The van der Waals surface area contributed by atoms with Gasteiger partial charge in [0.25, 0.3) is 0 Å². The van der Waals surface area contributed by atoms with Crippen LogP contribution >= 0.6 is 0 Å². The normalized spacial score (nSPS) is 35.3. The molecule has 1 unspecified atom stereocenters. The van der Waals surface area contributed by atoms with Crippen molar-refractivity contribution in [2.75, 3.05) is 13.1 Å². The number of β-amino-alcohol motifs (C(OH)–C–C–N with tert-alkyl or cyclic N) is 1. The van der Waals surface area contributed by atoms with Gasteiger partial charge in [0.2, 0.25) is 0 Å². The highest BCUT2D eigenvalue weighted by Gasteiger charge is 2.21. The summed E-state index contributed by atoms with van der Waals surface area (Å²) in [7, 11) is 0. The smallest absolute Gasteiger partial charge is 0.0744 e. The highest BCUT2D eigenvalue weighted by atomic mass is 16.3. The van der Waals surface area contributed by atoms with Crippen molar-refractivity contribution in [1.82, 2.24) is 5.32 Å². The minimum Gasteiger partial charge on any atom is -0.412 e. The molecule has 0 radical (unpaired) electrons. The average Bonchev–Trinajstić information content (AvgIpc) is 1.65. The summed E-state index contributed by atoms with van der Waals surface area (Å²) in [6.07, 6.45) is 2.05. The molecule has 0 aromatic heterocycles. The lowest BCUT2D eigenvalue weighted by molar-refractivity contribution is 0.0351. The second kappa shape index (κ2) is 3.15. The van der Waals surface area contributed by atoms with Gasteiger partial charge in [0.15, 0.2) is 0 Å². The van der Waals surface area contributed by atoms with Crippen LogP contribution in [0.3, 0.4) is 0 Å². The summed E-state index contributed by atoms with van der Waals surface area (Å²) in [5.41, 5.74) is -0.432. The SMILES string of the molecule is CC1(O)CCCNC1.O. The summed E-state index contributed by atoms with van der Waals surface area (Å²) in [5.74, 6) is 0. The van der Waals surface area contributed by atoms with E-state index in [-0.39, 0.29) is 5.48 Å². The van der Waals surface area contributed by atoms with Gasteiger partial charge in [0.1, 0.15) is 0 Å². The van der Waals surface area contributed by atoms with Crippen molar-refractivity contribution in [2.24, 2.45) is 0 Å². The molecule has 0 saturated carbocycles. The van der Waals surface area contributed by atoms with E-state index in [1.54, 1.807) is 0 Å². The van der Waals surface area contributed by atoms with Gasteiger partial charge in [0.05, 0.1) is 5.60 Å². The Labute approximate surface area is 55.4 Å². The molecule has 3 nitrogen and oxygen atoms in total. The highest BCUT2D eigenvalue weighted by molar-refractivity contribution is 4.79. The Morgan fingerprint density at radius 1 is 1.56 bits per heavy atom. The molecule has 1 aliphatic heterocycles. The molecule has 0 bridgehead atoms. The van der Waals surface area contributed by atoms with Gasteiger partial charge in [0, 0.05) is 6.54 Å². The van der Waals surface area contributed by atoms with Crippen LogP contribution in [-0.2, 0) is 0 Å². The molecule has 56 valence electrons. The number of aliphatic hydroxyl groups is 1. The lowest BCUT2D eigenvalue weighted by Gasteiger charge is -2.28. The van der Waals surface area contributed by atoms with Gasteiger partial charge in [-0.25, -0.2) is 0 Å². The first kappa shape index (κ1) is 8.88. The second-order valence-electron chi connectivity index (χ2n) is 2.78. The maximum atomic E-state index is 9.31. The zero-order valence-corrected chi connectivity index (χ0v) is 5.78. The Hall–Kier alpha value is -0.120. The molecule has 9 heavy (non-hydrogen) atoms. The monoisotopic (exact) mass is 133 g/mol. The van der Waals surface area contributed by atoms with E-state index < -0.39 is 5.60 Å². The maximum absolute atomic E-state index is 9.31. The molecule has 3 heteroatoms. The van der Waals surface area contributed by atoms with Crippen LogP contribution in [0.5, 0.6) is 0 Å². The van der Waals surface area contributed by atoms with Gasteiger partial charge in [-0.2, -0.15) is 0 Å². The van der Waals surface area contributed by atoms with Gasteiger partial charge in [-0.3, -0.25) is 0 Å². The van der Waals surface area contributed by atoms with E-state index in [0.29, 0.717) is 0 Å². The van der Waals surface area contributed by atoms with Gasteiger partial charge >= 0.3 is 0 Å². The minimum atomic E-state index is -0.432. The Morgan fingerprint density at radius 3 is 2.44 bits per heavy atom. The van der Waals surface area contributed by atoms with Crippen LogP contribution in [0, 0.1) is 0 Å². The van der Waals surface area contributed by atoms with Crippen molar-refractivity contribution >= 4 is 0 Å². The third-order valence-corrected chi connectivity index (χ3v) is 1.57. The number of rotatable bonds is 0. The zero-order chi connectivity index (χ0) is 6.04. The predicted molar refractivity (Wildman–Crippen MR) is 36.3 cm³/mol. The molecule has 1 aliphatic rings. The van der Waals surface area contributed by atoms with E-state index in [2.05, 4.69) is 5.32 Å². The van der Waals surface area contributed by atoms with Gasteiger partial charge in [-0.15, -0.1) is 0 Å². The van der Waals surface area contributed by atoms with E-state index in [0.717, 1.165) is 25.9 Å². The molecule has 0 aromatic carbocycles. The molecular weight excluding hydrogens is 118 g/mol. The van der Waals surface area contributed by atoms with Gasteiger partial charge < -0.3 is 15.9 Å². The third-order valence-electron chi connectivity index (χ3n) is 1.57. The van der Waals surface area contributed by atoms with E-state index in [1.165, 1.54) is 0 Å². The molecule has 1 atom stereocenters. The summed E-state index contributed by atoms with van der Waals surface area (Å²) in [6.45, 7) is 3.70. The minimum absolute atomic E-state index is 0. The quantitative estimate of drug-likeness (QED) is 0.459. The van der Waals surface area contributed by atoms with Gasteiger partial charge in [-0.1, -0.05) is 0 Å². The molecular formula is C6H15NO2. The number of nitrogens with one attached hydrogen (secondary N) is 1. The first-order valence-electron chi connectivity index (χ1n) is 3.14. The van der Waals surface area contributed by atoms with Gasteiger partial charge in [-0.05, 0) is 26.3 Å². The van der Waals surface area contributed by atoms with Crippen LogP contribution in [-0.4, -0.2) is 29.3 Å². The van der Waals surface area contributed by atoms with Crippen LogP contribution in [0.2, 0.25) is 0 Å². The first-order chi connectivity index (χ1) is 3.71. The number of hydrogen-bond donors (Lipinski definition) is 2. The van der Waals surface area contributed by atoms with Crippen molar-refractivity contribution in [2.45, 2.75) is 25.4 Å². The fourth-order valence-electron chi connectivity index (χ4n) is 1.04. The Morgan fingerprint density at radius 2 is 2.22 bits per heavy atom. The molecule has 1 heterocycles. The zero-order valence-electron chi connectivity index (χ0n) is 5.78. The Bertz CT molecular complexity index is 75.1. The average molecular weight is 133 g/mol.